The molecule has 188 valence electrons. The largest absolute Gasteiger partial charge is 0.384 e. The first-order chi connectivity index (χ1) is 17.7. The van der Waals surface area contributed by atoms with Crippen LogP contribution in [0, 0.1) is 0 Å². The summed E-state index contributed by atoms with van der Waals surface area (Å²) in [5.41, 5.74) is 7.16. The van der Waals surface area contributed by atoms with Gasteiger partial charge in [0, 0.05) is 47.7 Å². The fraction of sp³-hybridized carbons (Fsp3) is 0.400. The maximum Gasteiger partial charge on any atom is 0.220 e. The first kappa shape index (κ1) is 24.6. The van der Waals surface area contributed by atoms with Crippen LogP contribution in [0.1, 0.15) is 61.8 Å². The van der Waals surface area contributed by atoms with Gasteiger partial charge in [-0.2, -0.15) is 0 Å². The fourth-order valence-electron chi connectivity index (χ4n) is 5.37. The Morgan fingerprint density at radius 2 is 1.83 bits per heavy atom. The summed E-state index contributed by atoms with van der Waals surface area (Å²) >= 11 is 6.59. The molecule has 5 rings (SSSR count). The van der Waals surface area contributed by atoms with Crippen LogP contribution in [0.25, 0.3) is 21.8 Å². The molecule has 2 heterocycles. The maximum atomic E-state index is 12.3. The third kappa shape index (κ3) is 5.67. The zero-order chi connectivity index (χ0) is 24.7. The number of hydrogen-bond donors (Lipinski definition) is 3. The van der Waals surface area contributed by atoms with Crippen molar-refractivity contribution in [3.63, 3.8) is 0 Å². The van der Waals surface area contributed by atoms with Gasteiger partial charge in [0.05, 0.1) is 16.2 Å². The summed E-state index contributed by atoms with van der Waals surface area (Å²) in [6.07, 6.45) is 12.2. The number of fused-ring (bicyclic) bond motifs is 3. The first-order valence-corrected chi connectivity index (χ1v) is 13.7. The van der Waals surface area contributed by atoms with E-state index in [1.165, 1.54) is 40.7 Å². The standard InChI is InChI=1S/C30H35ClN4O/c31-24-12-9-15-27-29(24)30(23-11-5-7-14-26(23)35-27)33-18-8-2-1-3-16-28(36)32-19-17-21-20-34-25-13-6-4-10-22(21)25/h4,6,9-10,12-13,15,20,34H,1-3,5,7-8,11,14,16-19H2,(H,32,36)(H,33,35). The van der Waals surface area contributed by atoms with Crippen LogP contribution in [0.3, 0.4) is 0 Å². The molecule has 0 saturated carbocycles. The number of hydrogen-bond acceptors (Lipinski definition) is 3. The van der Waals surface area contributed by atoms with Gasteiger partial charge in [0.2, 0.25) is 5.91 Å². The van der Waals surface area contributed by atoms with E-state index in [-0.39, 0.29) is 5.91 Å². The lowest BCUT2D eigenvalue weighted by atomic mass is 9.92. The number of amides is 1. The molecule has 3 N–H and O–H groups in total. The SMILES string of the molecule is O=C(CCCCCCNc1c2c(nc3cccc(Cl)c13)CCCC2)NCCc1c[nH]c2ccccc12. The Morgan fingerprint density at radius 1 is 0.972 bits per heavy atom. The van der Waals surface area contributed by atoms with E-state index in [1.807, 2.05) is 24.4 Å². The van der Waals surface area contributed by atoms with Gasteiger partial charge in [0.15, 0.2) is 0 Å². The molecule has 0 bridgehead atoms. The summed E-state index contributed by atoms with van der Waals surface area (Å²) in [5, 5.41) is 9.85. The monoisotopic (exact) mass is 502 g/mol. The molecular formula is C30H35ClN4O. The number of carbonyl (C=O) groups is 1. The molecule has 5 nitrogen and oxygen atoms in total. The Bertz CT molecular complexity index is 1350. The van der Waals surface area contributed by atoms with Gasteiger partial charge in [-0.15, -0.1) is 0 Å². The van der Waals surface area contributed by atoms with Crippen molar-refractivity contribution in [2.24, 2.45) is 0 Å². The van der Waals surface area contributed by atoms with Crippen molar-refractivity contribution in [2.75, 3.05) is 18.4 Å². The molecule has 0 spiro atoms. The Kier molecular flexibility index (Phi) is 8.07. The van der Waals surface area contributed by atoms with Gasteiger partial charge in [-0.1, -0.05) is 48.7 Å². The number of aryl methyl sites for hydroxylation is 1. The number of aromatic amines is 1. The summed E-state index contributed by atoms with van der Waals surface area (Å²) < 4.78 is 0. The molecule has 6 heteroatoms. The van der Waals surface area contributed by atoms with Gasteiger partial charge in [-0.05, 0) is 74.3 Å². The topological polar surface area (TPSA) is 69.8 Å². The molecule has 2 aromatic carbocycles. The molecule has 0 atom stereocenters. The molecule has 1 amide bonds. The highest BCUT2D eigenvalue weighted by Crippen LogP contribution is 2.37. The number of pyridine rings is 1. The van der Waals surface area contributed by atoms with Gasteiger partial charge in [0.1, 0.15) is 0 Å². The molecule has 0 fully saturated rings. The Labute approximate surface area is 218 Å². The lowest BCUT2D eigenvalue weighted by molar-refractivity contribution is -0.121. The molecule has 0 saturated heterocycles. The van der Waals surface area contributed by atoms with Crippen LogP contribution >= 0.6 is 11.6 Å². The molecule has 0 aliphatic heterocycles. The van der Waals surface area contributed by atoms with Gasteiger partial charge in [-0.25, -0.2) is 0 Å². The minimum Gasteiger partial charge on any atom is -0.384 e. The van der Waals surface area contributed by atoms with E-state index in [9.17, 15) is 4.79 Å². The minimum atomic E-state index is 0.150. The minimum absolute atomic E-state index is 0.150. The van der Waals surface area contributed by atoms with Crippen LogP contribution in [0.5, 0.6) is 0 Å². The summed E-state index contributed by atoms with van der Waals surface area (Å²) in [6.45, 7) is 1.59. The van der Waals surface area contributed by atoms with Crippen molar-refractivity contribution in [3.05, 3.63) is 70.5 Å². The molecule has 2 aromatic heterocycles. The molecule has 4 aromatic rings. The highest BCUT2D eigenvalue weighted by Gasteiger charge is 2.19. The number of aromatic nitrogens is 2. The van der Waals surface area contributed by atoms with Gasteiger partial charge >= 0.3 is 0 Å². The average molecular weight is 503 g/mol. The van der Waals surface area contributed by atoms with Crippen LogP contribution < -0.4 is 10.6 Å². The number of nitrogens with zero attached hydrogens (tertiary/aromatic N) is 1. The van der Waals surface area contributed by atoms with Crippen molar-refractivity contribution in [3.8, 4) is 0 Å². The normalized spacial score (nSPS) is 13.1. The van der Waals surface area contributed by atoms with Gasteiger partial charge < -0.3 is 15.6 Å². The Hall–Kier alpha value is -3.05. The summed E-state index contributed by atoms with van der Waals surface area (Å²) in [5.74, 6) is 0.150. The number of benzene rings is 2. The van der Waals surface area contributed by atoms with Crippen molar-refractivity contribution in [2.45, 2.75) is 64.2 Å². The Morgan fingerprint density at radius 3 is 2.78 bits per heavy atom. The van der Waals surface area contributed by atoms with Gasteiger partial charge in [-0.3, -0.25) is 9.78 Å². The molecule has 1 aliphatic rings. The zero-order valence-electron chi connectivity index (χ0n) is 20.8. The number of carbonyl (C=O) groups excluding carboxylic acids is 1. The predicted molar refractivity (Wildman–Crippen MR) is 150 cm³/mol. The number of rotatable bonds is 11. The molecule has 0 radical (unpaired) electrons. The maximum absolute atomic E-state index is 12.3. The second-order valence-electron chi connectivity index (χ2n) is 9.80. The van der Waals surface area contributed by atoms with E-state index in [1.54, 1.807) is 0 Å². The third-order valence-corrected chi connectivity index (χ3v) is 7.58. The quantitative estimate of drug-likeness (QED) is 0.194. The average Bonchev–Trinajstić information content (AvgIpc) is 3.31. The molecule has 0 unspecified atom stereocenters. The molecule has 36 heavy (non-hydrogen) atoms. The van der Waals surface area contributed by atoms with Crippen molar-refractivity contribution in [1.29, 1.82) is 0 Å². The lowest BCUT2D eigenvalue weighted by Gasteiger charge is -2.22. The van der Waals surface area contributed by atoms with E-state index in [2.05, 4.69) is 39.9 Å². The number of halogens is 1. The van der Waals surface area contributed by atoms with Crippen molar-refractivity contribution < 1.29 is 4.79 Å². The second kappa shape index (κ2) is 11.8. The second-order valence-corrected chi connectivity index (χ2v) is 10.2. The number of nitrogens with one attached hydrogen (secondary N) is 3. The Balaban J connectivity index is 1.03. The fourth-order valence-corrected chi connectivity index (χ4v) is 5.63. The predicted octanol–water partition coefficient (Wildman–Crippen LogP) is 6.97. The van der Waals surface area contributed by atoms with Crippen LogP contribution in [-0.2, 0) is 24.1 Å². The van der Waals surface area contributed by atoms with E-state index in [4.69, 9.17) is 16.6 Å². The van der Waals surface area contributed by atoms with E-state index in [0.29, 0.717) is 13.0 Å². The van der Waals surface area contributed by atoms with Crippen LogP contribution in [0.15, 0.2) is 48.7 Å². The summed E-state index contributed by atoms with van der Waals surface area (Å²) in [7, 11) is 0. The first-order valence-electron chi connectivity index (χ1n) is 13.4. The van der Waals surface area contributed by atoms with Gasteiger partial charge in [0.25, 0.3) is 0 Å². The van der Waals surface area contributed by atoms with Crippen LogP contribution in [0.4, 0.5) is 5.69 Å². The number of para-hydroxylation sites is 1. The van der Waals surface area contributed by atoms with Crippen molar-refractivity contribution in [1.82, 2.24) is 15.3 Å². The summed E-state index contributed by atoms with van der Waals surface area (Å²) in [6, 6.07) is 14.3. The molecule has 1 aliphatic carbocycles. The smallest absolute Gasteiger partial charge is 0.220 e. The zero-order valence-corrected chi connectivity index (χ0v) is 21.6. The summed E-state index contributed by atoms with van der Waals surface area (Å²) in [4.78, 5) is 20.5. The number of H-pyrrole nitrogens is 1. The highest BCUT2D eigenvalue weighted by atomic mass is 35.5. The number of unbranched alkanes of at least 4 members (excludes halogenated alkanes) is 3. The van der Waals surface area contributed by atoms with E-state index < -0.39 is 0 Å². The third-order valence-electron chi connectivity index (χ3n) is 7.26. The molecular weight excluding hydrogens is 468 g/mol. The number of anilines is 1. The van der Waals surface area contributed by atoms with Crippen LogP contribution in [-0.4, -0.2) is 29.0 Å². The highest BCUT2D eigenvalue weighted by molar-refractivity contribution is 6.36. The lowest BCUT2D eigenvalue weighted by Crippen LogP contribution is -2.25. The van der Waals surface area contributed by atoms with E-state index in [0.717, 1.165) is 72.9 Å². The van der Waals surface area contributed by atoms with Crippen LogP contribution in [0.2, 0.25) is 5.02 Å². The van der Waals surface area contributed by atoms with E-state index >= 15 is 0 Å². The van der Waals surface area contributed by atoms with Crippen molar-refractivity contribution >= 4 is 45.0 Å².